The summed E-state index contributed by atoms with van der Waals surface area (Å²) in [6.45, 7) is 2.04. The number of rotatable bonds is 6. The minimum absolute atomic E-state index is 0.270. The second kappa shape index (κ2) is 5.83. The second-order valence-electron chi connectivity index (χ2n) is 3.26. The molecule has 0 aliphatic heterocycles. The van der Waals surface area contributed by atoms with Crippen LogP contribution in [0.15, 0.2) is 0 Å². The van der Waals surface area contributed by atoms with E-state index in [1.165, 1.54) is 0 Å². The van der Waals surface area contributed by atoms with Crippen LogP contribution in [-0.2, 0) is 10.0 Å². The zero-order valence-corrected chi connectivity index (χ0v) is 9.98. The van der Waals surface area contributed by atoms with Gasteiger partial charge < -0.3 is 5.11 Å². The molecular formula is C8H16F3NO3S. The van der Waals surface area contributed by atoms with Crippen molar-refractivity contribution in [2.75, 3.05) is 13.2 Å². The van der Waals surface area contributed by atoms with E-state index >= 15 is 0 Å². The molecule has 98 valence electrons. The van der Waals surface area contributed by atoms with Crippen molar-refractivity contribution in [1.29, 1.82) is 0 Å². The van der Waals surface area contributed by atoms with Crippen LogP contribution in [0.5, 0.6) is 0 Å². The summed E-state index contributed by atoms with van der Waals surface area (Å²) in [6, 6.07) is -0.737. The first-order valence-corrected chi connectivity index (χ1v) is 6.35. The summed E-state index contributed by atoms with van der Waals surface area (Å²) in [7, 11) is -5.35. The first kappa shape index (κ1) is 15.7. The Bertz CT molecular complexity index is 298. The predicted octanol–water partition coefficient (Wildman–Crippen LogP) is 1.32. The molecule has 0 unspecified atom stereocenters. The van der Waals surface area contributed by atoms with Gasteiger partial charge in [0.15, 0.2) is 0 Å². The maximum Gasteiger partial charge on any atom is 0.511 e. The summed E-state index contributed by atoms with van der Waals surface area (Å²) in [4.78, 5) is 0. The molecule has 0 aliphatic rings. The Labute approximate surface area is 93.1 Å². The van der Waals surface area contributed by atoms with E-state index in [-0.39, 0.29) is 12.8 Å². The molecule has 0 saturated carbocycles. The lowest BCUT2D eigenvalue weighted by molar-refractivity contribution is -0.0505. The van der Waals surface area contributed by atoms with Crippen LogP contribution in [0.3, 0.4) is 0 Å². The molecule has 0 radical (unpaired) electrons. The van der Waals surface area contributed by atoms with Gasteiger partial charge in [-0.1, -0.05) is 13.8 Å². The third-order valence-corrected chi connectivity index (χ3v) is 3.95. The number of alkyl halides is 3. The lowest BCUT2D eigenvalue weighted by atomic mass is 10.2. The van der Waals surface area contributed by atoms with Crippen molar-refractivity contribution in [1.82, 2.24) is 4.31 Å². The van der Waals surface area contributed by atoms with E-state index in [9.17, 15) is 21.6 Å². The van der Waals surface area contributed by atoms with Gasteiger partial charge in [0.25, 0.3) is 0 Å². The molecule has 0 aromatic rings. The predicted molar refractivity (Wildman–Crippen MR) is 53.1 cm³/mol. The first-order valence-electron chi connectivity index (χ1n) is 4.91. The smallest absolute Gasteiger partial charge is 0.395 e. The molecule has 8 heteroatoms. The van der Waals surface area contributed by atoms with Gasteiger partial charge in [0.2, 0.25) is 0 Å². The molecule has 0 aromatic heterocycles. The average Bonchev–Trinajstić information content (AvgIpc) is 2.16. The van der Waals surface area contributed by atoms with Crippen molar-refractivity contribution < 1.29 is 26.7 Å². The molecule has 0 amide bonds. The maximum absolute atomic E-state index is 12.3. The van der Waals surface area contributed by atoms with E-state index < -0.39 is 34.7 Å². The molecule has 0 bridgehead atoms. The van der Waals surface area contributed by atoms with Crippen molar-refractivity contribution in [2.45, 2.75) is 38.2 Å². The summed E-state index contributed by atoms with van der Waals surface area (Å²) in [5.74, 6) is 0. The third kappa shape index (κ3) is 3.33. The quantitative estimate of drug-likeness (QED) is 0.786. The Morgan fingerprint density at radius 1 is 1.25 bits per heavy atom. The highest BCUT2D eigenvalue weighted by Crippen LogP contribution is 2.29. The highest BCUT2D eigenvalue weighted by Gasteiger charge is 2.51. The zero-order chi connectivity index (χ0) is 13.0. The van der Waals surface area contributed by atoms with Crippen LogP contribution in [0, 0.1) is 0 Å². The molecule has 0 heterocycles. The third-order valence-electron chi connectivity index (χ3n) is 2.27. The van der Waals surface area contributed by atoms with E-state index in [1.54, 1.807) is 13.8 Å². The van der Waals surface area contributed by atoms with Gasteiger partial charge in [0.05, 0.1) is 6.61 Å². The molecular weight excluding hydrogens is 247 g/mol. The molecule has 0 aliphatic carbocycles. The van der Waals surface area contributed by atoms with Gasteiger partial charge in [0.1, 0.15) is 0 Å². The minimum Gasteiger partial charge on any atom is -0.395 e. The molecule has 0 saturated heterocycles. The monoisotopic (exact) mass is 263 g/mol. The Morgan fingerprint density at radius 2 is 1.69 bits per heavy atom. The van der Waals surface area contributed by atoms with E-state index in [4.69, 9.17) is 5.11 Å². The van der Waals surface area contributed by atoms with Crippen LogP contribution in [0.2, 0.25) is 0 Å². The Hall–Kier alpha value is -0.340. The highest BCUT2D eigenvalue weighted by atomic mass is 32.2. The van der Waals surface area contributed by atoms with Crippen molar-refractivity contribution in [3.63, 3.8) is 0 Å². The van der Waals surface area contributed by atoms with Crippen LogP contribution in [0.25, 0.3) is 0 Å². The van der Waals surface area contributed by atoms with Crippen molar-refractivity contribution in [3.8, 4) is 0 Å². The topological polar surface area (TPSA) is 57.6 Å². The molecule has 0 fully saturated rings. The normalized spacial score (nSPS) is 13.8. The van der Waals surface area contributed by atoms with Crippen molar-refractivity contribution in [3.05, 3.63) is 0 Å². The number of halogens is 3. The number of aliphatic hydroxyl groups excluding tert-OH is 1. The zero-order valence-electron chi connectivity index (χ0n) is 9.16. The van der Waals surface area contributed by atoms with Crippen LogP contribution in [-0.4, -0.2) is 42.5 Å². The van der Waals surface area contributed by atoms with Crippen LogP contribution in [0.1, 0.15) is 26.7 Å². The van der Waals surface area contributed by atoms with Gasteiger partial charge in [-0.25, -0.2) is 8.42 Å². The number of aliphatic hydroxyl groups is 1. The summed E-state index contributed by atoms with van der Waals surface area (Å²) in [6.07, 6.45) is 0.539. The number of hydrogen-bond acceptors (Lipinski definition) is 3. The van der Waals surface area contributed by atoms with Gasteiger partial charge >= 0.3 is 15.5 Å². The van der Waals surface area contributed by atoms with Crippen LogP contribution < -0.4 is 0 Å². The van der Waals surface area contributed by atoms with Gasteiger partial charge in [-0.15, -0.1) is 0 Å². The fraction of sp³-hybridized carbons (Fsp3) is 1.00. The molecule has 0 aromatic carbocycles. The molecule has 0 rings (SSSR count). The fourth-order valence-electron chi connectivity index (χ4n) is 1.43. The maximum atomic E-state index is 12.3. The summed E-state index contributed by atoms with van der Waals surface area (Å²) >= 11 is 0. The SMILES string of the molecule is CCC(CC)N(CCO)S(=O)(=O)C(F)(F)F. The summed E-state index contributed by atoms with van der Waals surface area (Å²) < 4.78 is 59.7. The van der Waals surface area contributed by atoms with E-state index in [2.05, 4.69) is 0 Å². The lowest BCUT2D eigenvalue weighted by Crippen LogP contribution is -2.47. The van der Waals surface area contributed by atoms with Crippen molar-refractivity contribution >= 4 is 10.0 Å². The van der Waals surface area contributed by atoms with Gasteiger partial charge in [-0.2, -0.15) is 17.5 Å². The largest absolute Gasteiger partial charge is 0.511 e. The molecule has 4 nitrogen and oxygen atoms in total. The Morgan fingerprint density at radius 3 is 1.94 bits per heavy atom. The summed E-state index contributed by atoms with van der Waals surface area (Å²) in [5, 5.41) is 8.63. The van der Waals surface area contributed by atoms with Gasteiger partial charge in [0, 0.05) is 12.6 Å². The van der Waals surface area contributed by atoms with Crippen molar-refractivity contribution in [2.24, 2.45) is 0 Å². The van der Waals surface area contributed by atoms with E-state index in [1.807, 2.05) is 0 Å². The number of sulfonamides is 1. The molecule has 16 heavy (non-hydrogen) atoms. The Balaban J connectivity index is 5.20. The van der Waals surface area contributed by atoms with Gasteiger partial charge in [-0.05, 0) is 12.8 Å². The fourth-order valence-corrected chi connectivity index (χ4v) is 2.71. The lowest BCUT2D eigenvalue weighted by Gasteiger charge is -2.29. The average molecular weight is 263 g/mol. The second-order valence-corrected chi connectivity index (χ2v) is 5.14. The first-order chi connectivity index (χ1) is 7.22. The molecule has 0 spiro atoms. The standard InChI is InChI=1S/C8H16F3NO3S/c1-3-7(4-2)12(5-6-13)16(14,15)8(9,10)11/h7,13H,3-6H2,1-2H3. The van der Waals surface area contributed by atoms with Crippen LogP contribution >= 0.6 is 0 Å². The van der Waals surface area contributed by atoms with Crippen LogP contribution in [0.4, 0.5) is 13.2 Å². The van der Waals surface area contributed by atoms with E-state index in [0.29, 0.717) is 4.31 Å². The number of nitrogens with zero attached hydrogens (tertiary/aromatic N) is 1. The highest BCUT2D eigenvalue weighted by molar-refractivity contribution is 7.90. The van der Waals surface area contributed by atoms with Gasteiger partial charge in [-0.3, -0.25) is 0 Å². The number of hydrogen-bond donors (Lipinski definition) is 1. The summed E-state index contributed by atoms with van der Waals surface area (Å²) in [5.41, 5.74) is -5.31. The minimum atomic E-state index is -5.35. The Kier molecular flexibility index (Phi) is 5.71. The van der Waals surface area contributed by atoms with E-state index in [0.717, 1.165) is 0 Å². The molecule has 1 N–H and O–H groups in total. The molecule has 0 atom stereocenters.